The molecule has 35 heavy (non-hydrogen) atoms. The van der Waals surface area contributed by atoms with E-state index in [1.54, 1.807) is 43.1 Å². The Morgan fingerprint density at radius 1 is 1.29 bits per heavy atom. The predicted molar refractivity (Wildman–Crippen MR) is 136 cm³/mol. The van der Waals surface area contributed by atoms with E-state index in [1.807, 2.05) is 32.6 Å². The van der Waals surface area contributed by atoms with E-state index in [9.17, 15) is 14.4 Å². The van der Waals surface area contributed by atoms with Gasteiger partial charge in [-0.3, -0.25) is 14.3 Å². The molecule has 2 heterocycles. The molecular weight excluding hydrogens is 462 g/mol. The first-order valence-corrected chi connectivity index (χ1v) is 12.8. The number of carbonyl (C=O) groups is 3. The number of amides is 2. The second kappa shape index (κ2) is 10.6. The molecule has 0 spiro atoms. The first kappa shape index (κ1) is 26.5. The molecule has 2 aromatic rings. The van der Waals surface area contributed by atoms with E-state index in [-0.39, 0.29) is 22.3 Å². The molecular formula is C26H33N5O3S. The largest absolute Gasteiger partial charge is 0.347 e. The minimum atomic E-state index is -0.479. The number of nitrogens with one attached hydrogen (secondary N) is 1. The number of aryl methyl sites for hydroxylation is 1. The highest BCUT2D eigenvalue weighted by Crippen LogP contribution is 2.53. The molecule has 8 nitrogen and oxygen atoms in total. The van der Waals surface area contributed by atoms with Crippen molar-refractivity contribution in [2.75, 3.05) is 13.1 Å². The number of benzene rings is 1. The summed E-state index contributed by atoms with van der Waals surface area (Å²) in [5.74, 6) is -0.437. The summed E-state index contributed by atoms with van der Waals surface area (Å²) in [6.07, 6.45) is 3.50. The highest BCUT2D eigenvalue weighted by atomic mass is 32.2. The lowest BCUT2D eigenvalue weighted by Gasteiger charge is -2.33. The van der Waals surface area contributed by atoms with Gasteiger partial charge in [-0.2, -0.15) is 10.4 Å². The zero-order valence-corrected chi connectivity index (χ0v) is 21.9. The summed E-state index contributed by atoms with van der Waals surface area (Å²) in [6, 6.07) is 9.08. The molecule has 1 saturated carbocycles. The maximum Gasteiger partial charge on any atom is 0.272 e. The quantitative estimate of drug-likeness (QED) is 0.562. The number of fused-ring (bicyclic) bond motifs is 1. The van der Waals surface area contributed by atoms with E-state index in [0.29, 0.717) is 42.9 Å². The lowest BCUT2D eigenvalue weighted by atomic mass is 10.0. The van der Waals surface area contributed by atoms with Crippen LogP contribution in [0, 0.1) is 11.3 Å². The molecule has 1 fully saturated rings. The summed E-state index contributed by atoms with van der Waals surface area (Å²) >= 11 is 1.65. The van der Waals surface area contributed by atoms with Gasteiger partial charge in [0.05, 0.1) is 16.4 Å². The van der Waals surface area contributed by atoms with Gasteiger partial charge in [0, 0.05) is 37.0 Å². The van der Waals surface area contributed by atoms with Crippen LogP contribution >= 0.6 is 11.8 Å². The number of nitrogens with zero attached hydrogens (tertiary/aromatic N) is 4. The zero-order valence-electron chi connectivity index (χ0n) is 21.1. The van der Waals surface area contributed by atoms with Crippen LogP contribution in [-0.4, -0.2) is 55.4 Å². The number of hydrogen-bond acceptors (Lipinski definition) is 6. The highest BCUT2D eigenvalue weighted by molar-refractivity contribution is 8.02. The Balaban J connectivity index is 0.00000167. The van der Waals surface area contributed by atoms with Crippen LogP contribution in [-0.2, 0) is 24.8 Å². The Labute approximate surface area is 211 Å². The van der Waals surface area contributed by atoms with Crippen LogP contribution in [0.1, 0.15) is 78.2 Å². The predicted octanol–water partition coefficient (Wildman–Crippen LogP) is 3.49. The van der Waals surface area contributed by atoms with Crippen molar-refractivity contribution in [2.45, 2.75) is 63.0 Å². The van der Waals surface area contributed by atoms with Gasteiger partial charge in [0.1, 0.15) is 12.0 Å². The van der Waals surface area contributed by atoms with Crippen molar-refractivity contribution in [3.05, 3.63) is 52.3 Å². The van der Waals surface area contributed by atoms with Gasteiger partial charge in [-0.15, -0.1) is 11.8 Å². The van der Waals surface area contributed by atoms with Crippen molar-refractivity contribution in [1.29, 1.82) is 5.26 Å². The van der Waals surface area contributed by atoms with Crippen LogP contribution in [0.4, 0.5) is 0 Å². The van der Waals surface area contributed by atoms with Crippen LogP contribution in [0.15, 0.2) is 24.3 Å². The Morgan fingerprint density at radius 3 is 2.51 bits per heavy atom. The SMILES string of the molecule is CC.Cn1nc(C(=O)NCc2ccc(C#N)cc2)c2c1C(=O)N(CC1(SC(C)(C)C=O)CC1)CC2. The molecule has 0 bridgehead atoms. The number of hydrogen-bond donors (Lipinski definition) is 1. The number of carbonyl (C=O) groups excluding carboxylic acids is 3. The summed E-state index contributed by atoms with van der Waals surface area (Å²) in [5, 5.41) is 16.1. The van der Waals surface area contributed by atoms with Crippen LogP contribution in [0.25, 0.3) is 0 Å². The third-order valence-electron chi connectivity index (χ3n) is 6.07. The normalized spacial score (nSPS) is 15.9. The second-order valence-electron chi connectivity index (χ2n) is 9.27. The summed E-state index contributed by atoms with van der Waals surface area (Å²) in [5.41, 5.74) is 2.86. The van der Waals surface area contributed by atoms with Gasteiger partial charge in [-0.25, -0.2) is 0 Å². The molecule has 1 N–H and O–H groups in total. The first-order chi connectivity index (χ1) is 16.7. The van der Waals surface area contributed by atoms with Crippen LogP contribution < -0.4 is 5.32 Å². The molecule has 1 aromatic heterocycles. The maximum atomic E-state index is 13.3. The number of thioether (sulfide) groups is 1. The van der Waals surface area contributed by atoms with Gasteiger partial charge < -0.3 is 15.0 Å². The summed E-state index contributed by atoms with van der Waals surface area (Å²) in [4.78, 5) is 39.3. The minimum Gasteiger partial charge on any atom is -0.347 e. The van der Waals surface area contributed by atoms with Gasteiger partial charge in [-0.05, 0) is 50.8 Å². The van der Waals surface area contributed by atoms with Gasteiger partial charge in [0.2, 0.25) is 0 Å². The van der Waals surface area contributed by atoms with E-state index < -0.39 is 4.75 Å². The minimum absolute atomic E-state index is 0.0720. The van der Waals surface area contributed by atoms with E-state index in [4.69, 9.17) is 5.26 Å². The zero-order chi connectivity index (χ0) is 25.8. The molecule has 0 unspecified atom stereocenters. The molecule has 2 aliphatic rings. The molecule has 0 saturated heterocycles. The number of rotatable bonds is 8. The summed E-state index contributed by atoms with van der Waals surface area (Å²) < 4.78 is 0.952. The molecule has 0 radical (unpaired) electrons. The van der Waals surface area contributed by atoms with Crippen molar-refractivity contribution in [3.8, 4) is 6.07 Å². The smallest absolute Gasteiger partial charge is 0.272 e. The molecule has 0 atom stereocenters. The monoisotopic (exact) mass is 495 g/mol. The maximum absolute atomic E-state index is 13.3. The molecule has 9 heteroatoms. The number of nitriles is 1. The average Bonchev–Trinajstić information content (AvgIpc) is 3.52. The van der Waals surface area contributed by atoms with E-state index >= 15 is 0 Å². The lowest BCUT2D eigenvalue weighted by molar-refractivity contribution is -0.109. The Kier molecular flexibility index (Phi) is 8.06. The molecule has 1 aliphatic heterocycles. The van der Waals surface area contributed by atoms with E-state index in [2.05, 4.69) is 16.5 Å². The third-order valence-corrected chi connectivity index (χ3v) is 7.66. The van der Waals surface area contributed by atoms with Crippen molar-refractivity contribution < 1.29 is 14.4 Å². The Hall–Kier alpha value is -3.12. The third kappa shape index (κ3) is 5.93. The van der Waals surface area contributed by atoms with Gasteiger partial charge in [0.25, 0.3) is 11.8 Å². The topological polar surface area (TPSA) is 108 Å². The van der Waals surface area contributed by atoms with Gasteiger partial charge >= 0.3 is 0 Å². The molecule has 186 valence electrons. The Morgan fingerprint density at radius 2 is 1.94 bits per heavy atom. The summed E-state index contributed by atoms with van der Waals surface area (Å²) in [7, 11) is 1.69. The van der Waals surface area contributed by atoms with Crippen LogP contribution in [0.5, 0.6) is 0 Å². The fourth-order valence-corrected chi connectivity index (χ4v) is 5.92. The van der Waals surface area contributed by atoms with Crippen molar-refractivity contribution in [3.63, 3.8) is 0 Å². The summed E-state index contributed by atoms with van der Waals surface area (Å²) in [6.45, 7) is 9.24. The molecule has 2 amide bonds. The molecule has 4 rings (SSSR count). The Bertz CT molecular complexity index is 1140. The molecule has 1 aromatic carbocycles. The lowest BCUT2D eigenvalue weighted by Crippen LogP contribution is -2.44. The van der Waals surface area contributed by atoms with Gasteiger partial charge in [-0.1, -0.05) is 26.0 Å². The van der Waals surface area contributed by atoms with E-state index in [0.717, 1.165) is 24.7 Å². The molecule has 1 aliphatic carbocycles. The van der Waals surface area contributed by atoms with Crippen molar-refractivity contribution in [1.82, 2.24) is 20.0 Å². The number of aldehydes is 1. The van der Waals surface area contributed by atoms with Crippen molar-refractivity contribution in [2.24, 2.45) is 7.05 Å². The van der Waals surface area contributed by atoms with Crippen molar-refractivity contribution >= 4 is 29.9 Å². The fraction of sp³-hybridized carbons (Fsp3) is 0.500. The second-order valence-corrected chi connectivity index (χ2v) is 11.4. The standard InChI is InChI=1S/C24H27N5O3S.C2H6/c1-23(2,15-30)33-24(9-10-24)14-29-11-8-18-19(27-28(3)20(18)22(29)32)21(31)26-13-17-6-4-16(12-25)5-7-17;1-2/h4-7,15H,8-11,13-14H2,1-3H3,(H,26,31);1-2H3. The first-order valence-electron chi connectivity index (χ1n) is 12.0. The fourth-order valence-electron chi connectivity index (χ4n) is 4.23. The van der Waals surface area contributed by atoms with Crippen LogP contribution in [0.3, 0.4) is 0 Å². The van der Waals surface area contributed by atoms with Gasteiger partial charge in [0.15, 0.2) is 5.69 Å². The highest BCUT2D eigenvalue weighted by Gasteiger charge is 2.49. The van der Waals surface area contributed by atoms with E-state index in [1.165, 1.54) is 4.68 Å². The number of aromatic nitrogens is 2. The average molecular weight is 496 g/mol. The van der Waals surface area contributed by atoms with Crippen LogP contribution in [0.2, 0.25) is 0 Å².